The molecule has 2 aliphatic carbocycles. The number of rotatable bonds is 9. The summed E-state index contributed by atoms with van der Waals surface area (Å²) in [6.07, 6.45) is 17.0. The molecule has 2 aliphatic rings. The molecule has 2 fully saturated rings. The minimum Gasteiger partial charge on any atom is -0.490 e. The predicted molar refractivity (Wildman–Crippen MR) is 134 cm³/mol. The van der Waals surface area contributed by atoms with Crippen LogP contribution in [0.4, 0.5) is 8.78 Å². The van der Waals surface area contributed by atoms with E-state index in [0.717, 1.165) is 48.8 Å². The van der Waals surface area contributed by atoms with Crippen LogP contribution in [-0.2, 0) is 0 Å². The van der Waals surface area contributed by atoms with Crippen molar-refractivity contribution in [3.8, 4) is 5.75 Å². The van der Waals surface area contributed by atoms with Gasteiger partial charge in [-0.25, -0.2) is 8.78 Å². The van der Waals surface area contributed by atoms with Gasteiger partial charge >= 0.3 is 0 Å². The lowest BCUT2D eigenvalue weighted by molar-refractivity contribution is 0.223. The molecule has 2 aromatic rings. The average Bonchev–Trinajstić information content (AvgIpc) is 2.85. The van der Waals surface area contributed by atoms with Crippen molar-refractivity contribution in [3.63, 3.8) is 0 Å². The Morgan fingerprint density at radius 1 is 0.848 bits per heavy atom. The third-order valence-corrected chi connectivity index (χ3v) is 8.32. The highest BCUT2D eigenvalue weighted by Gasteiger charge is 2.28. The highest BCUT2D eigenvalue weighted by Crippen LogP contribution is 2.42. The molecular formula is C30H40F2O. The summed E-state index contributed by atoms with van der Waals surface area (Å²) in [5.74, 6) is 1.90. The third kappa shape index (κ3) is 5.97. The molecule has 0 spiro atoms. The van der Waals surface area contributed by atoms with Gasteiger partial charge in [-0.3, -0.25) is 0 Å². The summed E-state index contributed by atoms with van der Waals surface area (Å²) >= 11 is 0. The maximum absolute atomic E-state index is 15.0. The summed E-state index contributed by atoms with van der Waals surface area (Å²) in [7, 11) is 0. The number of ether oxygens (including phenoxy) is 1. The van der Waals surface area contributed by atoms with Crippen molar-refractivity contribution < 1.29 is 13.5 Å². The molecule has 0 bridgehead atoms. The number of hydrogen-bond donors (Lipinski definition) is 0. The molecule has 33 heavy (non-hydrogen) atoms. The van der Waals surface area contributed by atoms with Gasteiger partial charge in [-0.2, -0.15) is 0 Å². The van der Waals surface area contributed by atoms with Crippen LogP contribution in [0.15, 0.2) is 36.9 Å². The summed E-state index contributed by atoms with van der Waals surface area (Å²) in [5.41, 5.74) is 0.562. The molecule has 0 radical (unpaired) electrons. The monoisotopic (exact) mass is 454 g/mol. The highest BCUT2D eigenvalue weighted by molar-refractivity contribution is 5.85. The van der Waals surface area contributed by atoms with E-state index in [4.69, 9.17) is 4.74 Å². The van der Waals surface area contributed by atoms with E-state index in [-0.39, 0.29) is 5.92 Å². The van der Waals surface area contributed by atoms with Gasteiger partial charge < -0.3 is 4.74 Å². The minimum atomic E-state index is -0.743. The first kappa shape index (κ1) is 24.2. The smallest absolute Gasteiger partial charge is 0.167 e. The van der Waals surface area contributed by atoms with E-state index in [9.17, 15) is 4.39 Å². The Labute approximate surface area is 198 Å². The fourth-order valence-corrected chi connectivity index (χ4v) is 6.32. The maximum atomic E-state index is 15.0. The first-order chi connectivity index (χ1) is 16.1. The summed E-state index contributed by atoms with van der Waals surface area (Å²) in [6.45, 7) is 6.27. The van der Waals surface area contributed by atoms with Gasteiger partial charge in [-0.05, 0) is 78.5 Å². The van der Waals surface area contributed by atoms with Crippen LogP contribution >= 0.6 is 0 Å². The first-order valence-electron chi connectivity index (χ1n) is 13.2. The largest absolute Gasteiger partial charge is 0.490 e. The van der Waals surface area contributed by atoms with Crippen LogP contribution in [0.25, 0.3) is 10.8 Å². The zero-order valence-corrected chi connectivity index (χ0v) is 20.3. The van der Waals surface area contributed by atoms with Crippen molar-refractivity contribution in [1.29, 1.82) is 0 Å². The number of halogens is 2. The van der Waals surface area contributed by atoms with E-state index in [2.05, 4.69) is 13.5 Å². The Bertz CT molecular complexity index is 921. The van der Waals surface area contributed by atoms with Crippen LogP contribution in [0.5, 0.6) is 5.75 Å². The zero-order chi connectivity index (χ0) is 23.2. The molecule has 1 nitrogen and oxygen atoms in total. The molecular weight excluding hydrogens is 414 g/mol. The summed E-state index contributed by atoms with van der Waals surface area (Å²) in [4.78, 5) is 0. The van der Waals surface area contributed by atoms with Crippen molar-refractivity contribution in [2.75, 3.05) is 6.61 Å². The molecule has 2 aromatic carbocycles. The maximum Gasteiger partial charge on any atom is 0.167 e. The van der Waals surface area contributed by atoms with E-state index in [1.807, 2.05) is 18.2 Å². The number of fused-ring (bicyclic) bond motifs is 1. The number of hydrogen-bond acceptors (Lipinski definition) is 1. The van der Waals surface area contributed by atoms with Gasteiger partial charge in [0.1, 0.15) is 12.4 Å². The van der Waals surface area contributed by atoms with Crippen molar-refractivity contribution >= 4 is 10.8 Å². The Kier molecular flexibility index (Phi) is 8.44. The molecule has 0 amide bonds. The van der Waals surface area contributed by atoms with Gasteiger partial charge in [0.2, 0.25) is 0 Å². The summed E-state index contributed by atoms with van der Waals surface area (Å²) in [6, 6.07) is 7.11. The fourth-order valence-electron chi connectivity index (χ4n) is 6.32. The van der Waals surface area contributed by atoms with Gasteiger partial charge in [0.25, 0.3) is 0 Å². The van der Waals surface area contributed by atoms with Gasteiger partial charge in [0, 0.05) is 5.39 Å². The Hall–Kier alpha value is -1.90. The van der Waals surface area contributed by atoms with E-state index in [0.29, 0.717) is 23.3 Å². The molecule has 3 heteroatoms. The minimum absolute atomic E-state index is 0.126. The van der Waals surface area contributed by atoms with E-state index in [1.54, 1.807) is 12.1 Å². The van der Waals surface area contributed by atoms with Crippen molar-refractivity contribution in [2.45, 2.75) is 89.9 Å². The molecule has 0 N–H and O–H groups in total. The first-order valence-corrected chi connectivity index (χ1v) is 13.2. The lowest BCUT2D eigenvalue weighted by Crippen LogP contribution is -2.18. The van der Waals surface area contributed by atoms with Crippen LogP contribution in [0.2, 0.25) is 0 Å². The van der Waals surface area contributed by atoms with Crippen LogP contribution in [0.1, 0.15) is 95.5 Å². The lowest BCUT2D eigenvalue weighted by atomic mass is 9.74. The standard InChI is InChI=1S/C30H40F2O/c1-3-5-21-6-8-22(9-7-21)10-11-23-12-14-24(15-13-23)27-19-25-16-17-26(33-18-4-2)20-28(25)30(32)29(27)31/h4,16-17,19-24H,2-3,5-15,18H2,1H3. The fraction of sp³-hybridized carbons (Fsp3) is 0.600. The number of benzene rings is 2. The lowest BCUT2D eigenvalue weighted by Gasteiger charge is -2.32. The Morgan fingerprint density at radius 2 is 1.45 bits per heavy atom. The van der Waals surface area contributed by atoms with Gasteiger partial charge in [0.15, 0.2) is 11.6 Å². The topological polar surface area (TPSA) is 9.23 Å². The molecule has 0 aliphatic heterocycles. The second kappa shape index (κ2) is 11.5. The molecule has 2 saturated carbocycles. The molecule has 0 saturated heterocycles. The van der Waals surface area contributed by atoms with Crippen molar-refractivity contribution in [3.05, 3.63) is 54.1 Å². The second-order valence-corrected chi connectivity index (χ2v) is 10.5. The quantitative estimate of drug-likeness (QED) is 0.343. The molecule has 0 aromatic heterocycles. The average molecular weight is 455 g/mol. The third-order valence-electron chi connectivity index (χ3n) is 8.32. The zero-order valence-electron chi connectivity index (χ0n) is 20.3. The van der Waals surface area contributed by atoms with Crippen LogP contribution < -0.4 is 4.74 Å². The van der Waals surface area contributed by atoms with Crippen LogP contribution in [-0.4, -0.2) is 6.61 Å². The second-order valence-electron chi connectivity index (χ2n) is 10.5. The van der Waals surface area contributed by atoms with Crippen molar-refractivity contribution in [2.24, 2.45) is 17.8 Å². The van der Waals surface area contributed by atoms with Crippen molar-refractivity contribution in [1.82, 2.24) is 0 Å². The van der Waals surface area contributed by atoms with Gasteiger partial charge in [0.05, 0.1) is 0 Å². The molecule has 0 atom stereocenters. The Balaban J connectivity index is 1.32. The van der Waals surface area contributed by atoms with Gasteiger partial charge in [-0.1, -0.05) is 77.0 Å². The predicted octanol–water partition coefficient (Wildman–Crippen LogP) is 9.34. The van der Waals surface area contributed by atoms with Crippen LogP contribution in [0.3, 0.4) is 0 Å². The van der Waals surface area contributed by atoms with E-state index in [1.165, 1.54) is 51.4 Å². The summed E-state index contributed by atoms with van der Waals surface area (Å²) in [5, 5.41) is 1.04. The summed E-state index contributed by atoms with van der Waals surface area (Å²) < 4.78 is 35.5. The molecule has 0 heterocycles. The molecule has 4 rings (SSSR count). The SMILES string of the molecule is C=CCOc1ccc2cc(C3CCC(CCC4CCC(CCC)CC4)CC3)c(F)c(F)c2c1. The normalized spacial score (nSPS) is 25.8. The highest BCUT2D eigenvalue weighted by atomic mass is 19.2. The van der Waals surface area contributed by atoms with Gasteiger partial charge in [-0.15, -0.1) is 0 Å². The van der Waals surface area contributed by atoms with Crippen LogP contribution in [0, 0.1) is 29.4 Å². The van der Waals surface area contributed by atoms with E-state index >= 15 is 4.39 Å². The Morgan fingerprint density at radius 3 is 2.06 bits per heavy atom. The molecule has 180 valence electrons. The molecule has 0 unspecified atom stereocenters. The van der Waals surface area contributed by atoms with E-state index < -0.39 is 11.6 Å².